The van der Waals surface area contributed by atoms with Crippen LogP contribution in [0.3, 0.4) is 0 Å². The summed E-state index contributed by atoms with van der Waals surface area (Å²) in [5, 5.41) is 4.68. The van der Waals surface area contributed by atoms with Gasteiger partial charge in [0.05, 0.1) is 6.54 Å². The number of aromatic nitrogens is 3. The molecule has 100 valence electrons. The number of likely N-dealkylation sites (tertiary alicyclic amines) is 1. The number of fused-ring (bicyclic) bond motifs is 1. The summed E-state index contributed by atoms with van der Waals surface area (Å²) in [5.41, 5.74) is 5.98. The molecule has 0 saturated carbocycles. The maximum atomic E-state index is 5.98. The van der Waals surface area contributed by atoms with E-state index in [0.717, 1.165) is 37.6 Å². The highest BCUT2D eigenvalue weighted by atomic mass is 15.4. The number of hydrogen-bond donors (Lipinski definition) is 1. The molecule has 2 atom stereocenters. The van der Waals surface area contributed by atoms with Crippen LogP contribution in [0.25, 0.3) is 0 Å². The Balaban J connectivity index is 1.74. The van der Waals surface area contributed by atoms with Crippen molar-refractivity contribution in [1.82, 2.24) is 19.7 Å². The molecule has 0 spiro atoms. The second-order valence-electron chi connectivity index (χ2n) is 5.94. The Morgan fingerprint density at radius 2 is 2.11 bits per heavy atom. The van der Waals surface area contributed by atoms with Crippen molar-refractivity contribution >= 4 is 0 Å². The molecule has 2 unspecified atom stereocenters. The smallest absolute Gasteiger partial charge is 0.155 e. The van der Waals surface area contributed by atoms with Gasteiger partial charge in [0.15, 0.2) is 5.82 Å². The summed E-state index contributed by atoms with van der Waals surface area (Å²) in [4.78, 5) is 7.24. The van der Waals surface area contributed by atoms with E-state index in [0.29, 0.717) is 12.0 Å². The van der Waals surface area contributed by atoms with E-state index in [9.17, 15) is 0 Å². The highest BCUT2D eigenvalue weighted by Crippen LogP contribution is 2.27. The largest absolute Gasteiger partial charge is 0.326 e. The van der Waals surface area contributed by atoms with Gasteiger partial charge in [-0.25, -0.2) is 9.67 Å². The molecule has 3 heterocycles. The highest BCUT2D eigenvalue weighted by Gasteiger charge is 2.30. The molecule has 0 aromatic carbocycles. The lowest BCUT2D eigenvalue weighted by molar-refractivity contribution is 0.272. The first kappa shape index (κ1) is 12.1. The third kappa shape index (κ3) is 2.17. The lowest BCUT2D eigenvalue weighted by Gasteiger charge is -2.19. The van der Waals surface area contributed by atoms with Crippen molar-refractivity contribution in [3.05, 3.63) is 11.6 Å². The first-order chi connectivity index (χ1) is 8.63. The van der Waals surface area contributed by atoms with E-state index in [2.05, 4.69) is 23.8 Å². The molecule has 5 nitrogen and oxygen atoms in total. The minimum absolute atomic E-state index is 0.253. The fraction of sp³-hybridized carbons (Fsp3) is 0.846. The monoisotopic (exact) mass is 249 g/mol. The number of aryl methyl sites for hydroxylation is 1. The molecule has 2 aliphatic rings. The normalized spacial score (nSPS) is 28.9. The van der Waals surface area contributed by atoms with Crippen LogP contribution in [0, 0.1) is 0 Å². The number of nitrogens with zero attached hydrogens (tertiary/aromatic N) is 4. The van der Waals surface area contributed by atoms with Crippen molar-refractivity contribution in [2.45, 2.75) is 57.7 Å². The van der Waals surface area contributed by atoms with E-state index in [1.165, 1.54) is 13.0 Å². The predicted molar refractivity (Wildman–Crippen MR) is 70.4 cm³/mol. The molecule has 0 amide bonds. The minimum Gasteiger partial charge on any atom is -0.326 e. The van der Waals surface area contributed by atoms with Crippen LogP contribution < -0.4 is 5.73 Å². The predicted octanol–water partition coefficient (Wildman–Crippen LogP) is 0.749. The lowest BCUT2D eigenvalue weighted by Crippen LogP contribution is -2.32. The number of hydrogen-bond acceptors (Lipinski definition) is 4. The summed E-state index contributed by atoms with van der Waals surface area (Å²) in [6.45, 7) is 7.63. The molecule has 5 heteroatoms. The molecule has 1 fully saturated rings. The zero-order chi connectivity index (χ0) is 12.7. The average Bonchev–Trinajstić information content (AvgIpc) is 2.93. The van der Waals surface area contributed by atoms with Crippen molar-refractivity contribution < 1.29 is 0 Å². The van der Waals surface area contributed by atoms with Gasteiger partial charge in [0.25, 0.3) is 0 Å². The van der Waals surface area contributed by atoms with Crippen LogP contribution in [0.2, 0.25) is 0 Å². The Morgan fingerprint density at radius 1 is 1.28 bits per heavy atom. The highest BCUT2D eigenvalue weighted by molar-refractivity contribution is 5.05. The molecule has 18 heavy (non-hydrogen) atoms. The van der Waals surface area contributed by atoms with Crippen molar-refractivity contribution in [2.24, 2.45) is 5.73 Å². The molecule has 1 saturated heterocycles. The van der Waals surface area contributed by atoms with E-state index >= 15 is 0 Å². The van der Waals surface area contributed by atoms with Gasteiger partial charge in [0, 0.05) is 31.0 Å². The standard InChI is InChI=1S/C13H23N5/c1-9(2)17-6-5-10(7-17)13-15-12-4-3-11(14)8-18(12)16-13/h9-11H,3-8,14H2,1-2H3. The summed E-state index contributed by atoms with van der Waals surface area (Å²) in [5.74, 6) is 2.69. The van der Waals surface area contributed by atoms with Crippen LogP contribution in [0.5, 0.6) is 0 Å². The van der Waals surface area contributed by atoms with E-state index in [1.54, 1.807) is 0 Å². The fourth-order valence-corrected chi connectivity index (χ4v) is 2.99. The zero-order valence-electron chi connectivity index (χ0n) is 11.3. The number of nitrogens with two attached hydrogens (primary N) is 1. The lowest BCUT2D eigenvalue weighted by atomic mass is 10.1. The molecule has 0 aliphatic carbocycles. The fourth-order valence-electron chi connectivity index (χ4n) is 2.99. The first-order valence-electron chi connectivity index (χ1n) is 7.06. The molecule has 1 aromatic rings. The van der Waals surface area contributed by atoms with Gasteiger partial charge in [-0.15, -0.1) is 0 Å². The van der Waals surface area contributed by atoms with Crippen LogP contribution in [0.15, 0.2) is 0 Å². The van der Waals surface area contributed by atoms with Crippen molar-refractivity contribution in [3.8, 4) is 0 Å². The summed E-state index contributed by atoms with van der Waals surface area (Å²) in [6, 6.07) is 0.878. The maximum absolute atomic E-state index is 5.98. The van der Waals surface area contributed by atoms with Gasteiger partial charge in [-0.3, -0.25) is 0 Å². The van der Waals surface area contributed by atoms with E-state index in [1.807, 2.05) is 4.68 Å². The molecule has 3 rings (SSSR count). The van der Waals surface area contributed by atoms with E-state index < -0.39 is 0 Å². The molecular formula is C13H23N5. The number of rotatable bonds is 2. The van der Waals surface area contributed by atoms with Gasteiger partial charge in [-0.1, -0.05) is 0 Å². The van der Waals surface area contributed by atoms with Crippen molar-refractivity contribution in [1.29, 1.82) is 0 Å². The molecule has 0 bridgehead atoms. The van der Waals surface area contributed by atoms with E-state index in [-0.39, 0.29) is 6.04 Å². The summed E-state index contributed by atoms with van der Waals surface area (Å²) >= 11 is 0. The Hall–Kier alpha value is -0.940. The van der Waals surface area contributed by atoms with Crippen molar-refractivity contribution in [2.75, 3.05) is 13.1 Å². The molecule has 0 radical (unpaired) electrons. The SMILES string of the molecule is CC(C)N1CCC(c2nc3n(n2)CC(N)CC3)C1. The minimum atomic E-state index is 0.253. The molecular weight excluding hydrogens is 226 g/mol. The molecule has 2 aliphatic heterocycles. The Kier molecular flexibility index (Phi) is 3.11. The van der Waals surface area contributed by atoms with Crippen molar-refractivity contribution in [3.63, 3.8) is 0 Å². The topological polar surface area (TPSA) is 60.0 Å². The summed E-state index contributed by atoms with van der Waals surface area (Å²) in [6.07, 6.45) is 3.21. The van der Waals surface area contributed by atoms with Gasteiger partial charge >= 0.3 is 0 Å². The molecule has 2 N–H and O–H groups in total. The van der Waals surface area contributed by atoms with Gasteiger partial charge in [-0.05, 0) is 33.2 Å². The second kappa shape index (κ2) is 4.63. The second-order valence-corrected chi connectivity index (χ2v) is 5.94. The van der Waals surface area contributed by atoms with Crippen LogP contribution >= 0.6 is 0 Å². The van der Waals surface area contributed by atoms with Gasteiger partial charge in [-0.2, -0.15) is 5.10 Å². The quantitative estimate of drug-likeness (QED) is 0.840. The third-order valence-electron chi connectivity index (χ3n) is 4.23. The molecule has 1 aromatic heterocycles. The summed E-state index contributed by atoms with van der Waals surface area (Å²) in [7, 11) is 0. The van der Waals surface area contributed by atoms with Crippen LogP contribution in [-0.2, 0) is 13.0 Å². The van der Waals surface area contributed by atoms with Crippen LogP contribution in [0.4, 0.5) is 0 Å². The van der Waals surface area contributed by atoms with Gasteiger partial charge < -0.3 is 10.6 Å². The third-order valence-corrected chi connectivity index (χ3v) is 4.23. The average molecular weight is 249 g/mol. The van der Waals surface area contributed by atoms with Crippen LogP contribution in [-0.4, -0.2) is 44.8 Å². The Bertz CT molecular complexity index is 425. The van der Waals surface area contributed by atoms with Crippen LogP contribution in [0.1, 0.15) is 44.3 Å². The first-order valence-corrected chi connectivity index (χ1v) is 7.06. The Morgan fingerprint density at radius 3 is 2.83 bits per heavy atom. The zero-order valence-corrected chi connectivity index (χ0v) is 11.3. The Labute approximate surface area is 108 Å². The summed E-state index contributed by atoms with van der Waals surface area (Å²) < 4.78 is 2.03. The van der Waals surface area contributed by atoms with E-state index in [4.69, 9.17) is 10.7 Å². The maximum Gasteiger partial charge on any atom is 0.155 e. The van der Waals surface area contributed by atoms with Gasteiger partial charge in [0.1, 0.15) is 5.82 Å². The van der Waals surface area contributed by atoms with Gasteiger partial charge in [0.2, 0.25) is 0 Å².